The van der Waals surface area contributed by atoms with Gasteiger partial charge in [-0.3, -0.25) is 4.79 Å². The van der Waals surface area contributed by atoms with Gasteiger partial charge >= 0.3 is 0 Å². The van der Waals surface area contributed by atoms with E-state index in [-0.39, 0.29) is 5.54 Å². The molecule has 0 radical (unpaired) electrons. The zero-order valence-corrected chi connectivity index (χ0v) is 14.6. The third-order valence-electron chi connectivity index (χ3n) is 4.81. The standard InChI is InChI=1S/C19H19Cl2NO/c1-14-9-10-16(20)18(17(14)21)22(13-23)19(11-5-6-12-19)15-7-3-2-4-8-15/h2-4,7-10,13H,5-6,11-12H2,1H3. The van der Waals surface area contributed by atoms with Crippen LogP contribution in [0.25, 0.3) is 0 Å². The maximum atomic E-state index is 12.1. The van der Waals surface area contributed by atoms with E-state index >= 15 is 0 Å². The summed E-state index contributed by atoms with van der Waals surface area (Å²) in [6.45, 7) is 1.93. The van der Waals surface area contributed by atoms with Gasteiger partial charge in [0.25, 0.3) is 0 Å². The zero-order valence-electron chi connectivity index (χ0n) is 13.1. The number of hydrogen-bond donors (Lipinski definition) is 0. The van der Waals surface area contributed by atoms with Gasteiger partial charge in [0.15, 0.2) is 0 Å². The monoisotopic (exact) mass is 347 g/mol. The molecule has 0 unspecified atom stereocenters. The van der Waals surface area contributed by atoms with E-state index in [1.807, 2.05) is 37.3 Å². The average Bonchev–Trinajstić information content (AvgIpc) is 3.06. The summed E-state index contributed by atoms with van der Waals surface area (Å²) in [7, 11) is 0. The molecule has 0 aliphatic heterocycles. The Morgan fingerprint density at radius 3 is 2.30 bits per heavy atom. The number of halogens is 2. The predicted octanol–water partition coefficient (Wildman–Crippen LogP) is 5.73. The van der Waals surface area contributed by atoms with Crippen LogP contribution in [0.2, 0.25) is 10.0 Å². The van der Waals surface area contributed by atoms with E-state index in [4.69, 9.17) is 23.2 Å². The molecular weight excluding hydrogens is 329 g/mol. The van der Waals surface area contributed by atoms with Crippen LogP contribution in [-0.2, 0) is 10.3 Å². The van der Waals surface area contributed by atoms with Crippen molar-refractivity contribution in [2.75, 3.05) is 4.90 Å². The van der Waals surface area contributed by atoms with Crippen molar-refractivity contribution in [3.05, 3.63) is 63.6 Å². The minimum absolute atomic E-state index is 0.371. The molecule has 23 heavy (non-hydrogen) atoms. The normalized spacial score (nSPS) is 16.3. The van der Waals surface area contributed by atoms with Crippen molar-refractivity contribution in [3.63, 3.8) is 0 Å². The lowest BCUT2D eigenvalue weighted by Crippen LogP contribution is -2.44. The van der Waals surface area contributed by atoms with E-state index in [1.54, 1.807) is 4.90 Å². The van der Waals surface area contributed by atoms with Gasteiger partial charge in [0.2, 0.25) is 6.41 Å². The Bertz CT molecular complexity index is 709. The molecule has 4 heteroatoms. The molecule has 1 aliphatic carbocycles. The molecule has 0 aromatic heterocycles. The van der Waals surface area contributed by atoms with E-state index < -0.39 is 0 Å². The summed E-state index contributed by atoms with van der Waals surface area (Å²) in [6.07, 6.45) is 4.87. The summed E-state index contributed by atoms with van der Waals surface area (Å²) in [5, 5.41) is 1.06. The summed E-state index contributed by atoms with van der Waals surface area (Å²) < 4.78 is 0. The Morgan fingerprint density at radius 2 is 1.70 bits per heavy atom. The Morgan fingerprint density at radius 1 is 1.04 bits per heavy atom. The highest BCUT2D eigenvalue weighted by molar-refractivity contribution is 6.40. The lowest BCUT2D eigenvalue weighted by Gasteiger charge is -2.40. The van der Waals surface area contributed by atoms with Crippen LogP contribution in [0.15, 0.2) is 42.5 Å². The molecule has 120 valence electrons. The molecule has 0 atom stereocenters. The Labute approximate surface area is 147 Å². The second-order valence-electron chi connectivity index (χ2n) is 6.11. The molecule has 0 N–H and O–H groups in total. The minimum atomic E-state index is -0.371. The first-order valence-electron chi connectivity index (χ1n) is 7.85. The van der Waals surface area contributed by atoms with Gasteiger partial charge in [-0.2, -0.15) is 0 Å². The fraction of sp³-hybridized carbons (Fsp3) is 0.316. The molecule has 2 aromatic carbocycles. The Balaban J connectivity index is 2.19. The van der Waals surface area contributed by atoms with Crippen molar-refractivity contribution >= 4 is 35.3 Å². The third kappa shape index (κ3) is 2.75. The highest BCUT2D eigenvalue weighted by atomic mass is 35.5. The second kappa shape index (κ2) is 6.54. The van der Waals surface area contributed by atoms with E-state index in [1.165, 1.54) is 0 Å². The highest BCUT2D eigenvalue weighted by Crippen LogP contribution is 2.49. The fourth-order valence-corrected chi connectivity index (χ4v) is 4.16. The smallest absolute Gasteiger partial charge is 0.215 e. The number of amides is 1. The number of benzene rings is 2. The van der Waals surface area contributed by atoms with E-state index in [2.05, 4.69) is 12.1 Å². The van der Waals surface area contributed by atoms with Crippen LogP contribution in [0.1, 0.15) is 36.8 Å². The van der Waals surface area contributed by atoms with Gasteiger partial charge in [0.05, 0.1) is 21.3 Å². The second-order valence-corrected chi connectivity index (χ2v) is 6.89. The SMILES string of the molecule is Cc1ccc(Cl)c(N(C=O)C2(c3ccccc3)CCCC2)c1Cl. The van der Waals surface area contributed by atoms with Crippen LogP contribution in [0.5, 0.6) is 0 Å². The minimum Gasteiger partial charge on any atom is -0.302 e. The van der Waals surface area contributed by atoms with Crippen LogP contribution >= 0.6 is 23.2 Å². The van der Waals surface area contributed by atoms with Crippen LogP contribution in [0.4, 0.5) is 5.69 Å². The first-order chi connectivity index (χ1) is 11.1. The molecule has 0 spiro atoms. The highest BCUT2D eigenvalue weighted by Gasteiger charge is 2.42. The number of rotatable bonds is 4. The topological polar surface area (TPSA) is 20.3 Å². The molecule has 3 rings (SSSR count). The molecule has 1 saturated carbocycles. The van der Waals surface area contributed by atoms with E-state index in [0.29, 0.717) is 15.7 Å². The summed E-state index contributed by atoms with van der Waals surface area (Å²) >= 11 is 12.9. The van der Waals surface area contributed by atoms with Crippen molar-refractivity contribution in [1.82, 2.24) is 0 Å². The van der Waals surface area contributed by atoms with E-state index in [9.17, 15) is 4.79 Å². The molecular formula is C19H19Cl2NO. The van der Waals surface area contributed by atoms with Crippen LogP contribution in [-0.4, -0.2) is 6.41 Å². The Hall–Kier alpha value is -1.51. The average molecular weight is 348 g/mol. The van der Waals surface area contributed by atoms with Crippen molar-refractivity contribution < 1.29 is 4.79 Å². The van der Waals surface area contributed by atoms with Crippen LogP contribution < -0.4 is 4.90 Å². The lowest BCUT2D eigenvalue weighted by molar-refractivity contribution is -0.108. The molecule has 1 amide bonds. The van der Waals surface area contributed by atoms with Gasteiger partial charge in [-0.05, 0) is 37.0 Å². The number of anilines is 1. The quantitative estimate of drug-likeness (QED) is 0.646. The van der Waals surface area contributed by atoms with Crippen molar-refractivity contribution in [2.24, 2.45) is 0 Å². The molecule has 0 saturated heterocycles. The molecule has 0 heterocycles. The first kappa shape index (κ1) is 16.4. The molecule has 1 fully saturated rings. The van der Waals surface area contributed by atoms with Gasteiger partial charge in [-0.25, -0.2) is 0 Å². The van der Waals surface area contributed by atoms with Crippen LogP contribution in [0.3, 0.4) is 0 Å². The summed E-state index contributed by atoms with van der Waals surface area (Å²) in [6, 6.07) is 13.9. The van der Waals surface area contributed by atoms with Gasteiger partial charge in [-0.15, -0.1) is 0 Å². The summed E-state index contributed by atoms with van der Waals surface area (Å²) in [5.74, 6) is 0. The maximum absolute atomic E-state index is 12.1. The number of hydrogen-bond acceptors (Lipinski definition) is 1. The largest absolute Gasteiger partial charge is 0.302 e. The molecule has 2 aromatic rings. The van der Waals surface area contributed by atoms with Crippen molar-refractivity contribution in [3.8, 4) is 0 Å². The van der Waals surface area contributed by atoms with Gasteiger partial charge < -0.3 is 4.90 Å². The molecule has 1 aliphatic rings. The number of nitrogens with zero attached hydrogens (tertiary/aromatic N) is 1. The predicted molar refractivity (Wildman–Crippen MR) is 96.3 cm³/mol. The summed E-state index contributed by atoms with van der Waals surface area (Å²) in [5.41, 5.74) is 2.30. The lowest BCUT2D eigenvalue weighted by atomic mass is 9.86. The fourth-order valence-electron chi connectivity index (χ4n) is 3.61. The third-order valence-corrected chi connectivity index (χ3v) is 5.59. The number of aryl methyl sites for hydroxylation is 1. The number of carbonyl (C=O) groups is 1. The number of carbonyl (C=O) groups excluding carboxylic acids is 1. The summed E-state index contributed by atoms with van der Waals surface area (Å²) in [4.78, 5) is 13.9. The first-order valence-corrected chi connectivity index (χ1v) is 8.60. The van der Waals surface area contributed by atoms with Crippen molar-refractivity contribution in [2.45, 2.75) is 38.1 Å². The zero-order chi connectivity index (χ0) is 16.4. The van der Waals surface area contributed by atoms with Gasteiger partial charge in [0, 0.05) is 0 Å². The maximum Gasteiger partial charge on any atom is 0.215 e. The van der Waals surface area contributed by atoms with Crippen LogP contribution in [0, 0.1) is 6.92 Å². The van der Waals surface area contributed by atoms with Gasteiger partial charge in [-0.1, -0.05) is 72.4 Å². The molecule has 2 nitrogen and oxygen atoms in total. The molecule has 0 bridgehead atoms. The van der Waals surface area contributed by atoms with Crippen molar-refractivity contribution in [1.29, 1.82) is 0 Å². The van der Waals surface area contributed by atoms with Gasteiger partial charge in [0.1, 0.15) is 0 Å². The van der Waals surface area contributed by atoms with E-state index in [0.717, 1.165) is 43.2 Å². The Kier molecular flexibility index (Phi) is 4.65.